The van der Waals surface area contributed by atoms with Crippen LogP contribution in [0.1, 0.15) is 91.6 Å². The number of carboxylic acids is 5. The van der Waals surface area contributed by atoms with E-state index in [4.69, 9.17) is 25.5 Å². The van der Waals surface area contributed by atoms with Crippen LogP contribution in [0.15, 0.2) is 354 Å². The second kappa shape index (κ2) is 54.4. The molecule has 25 nitrogen and oxygen atoms in total. The second-order valence-electron chi connectivity index (χ2n) is 28.0. The summed E-state index contributed by atoms with van der Waals surface area (Å²) in [5.41, 5.74) is 13.6. The molecular formula is C102H84Ir5N15O10-5. The molecule has 0 unspecified atom stereocenters. The van der Waals surface area contributed by atoms with Gasteiger partial charge < -0.3 is 25.5 Å². The van der Waals surface area contributed by atoms with Crippen LogP contribution in [0.25, 0.3) is 82.3 Å². The molecule has 0 atom stereocenters. The quantitative estimate of drug-likeness (QED) is 0.0794. The molecule has 0 fully saturated rings. The minimum Gasteiger partial charge on any atom is -0.477 e. The number of aromatic carboxylic acids is 5. The van der Waals surface area contributed by atoms with Gasteiger partial charge in [0.1, 0.15) is 28.5 Å². The number of benzene rings is 10. The number of fused-ring (bicyclic) bond motifs is 5. The smallest absolute Gasteiger partial charge is 0.354 e. The number of pyridine rings is 5. The van der Waals surface area contributed by atoms with Crippen molar-refractivity contribution in [3.8, 4) is 28.4 Å². The van der Waals surface area contributed by atoms with Gasteiger partial charge in [0.15, 0.2) is 0 Å². The third-order valence-electron chi connectivity index (χ3n) is 18.2. The van der Waals surface area contributed by atoms with Crippen LogP contribution >= 0.6 is 0 Å². The Labute approximate surface area is 828 Å². The van der Waals surface area contributed by atoms with E-state index in [9.17, 15) is 24.0 Å². The summed E-state index contributed by atoms with van der Waals surface area (Å²) < 4.78 is 9.14. The number of carbonyl (C=O) groups is 5. The Hall–Kier alpha value is -14.1. The summed E-state index contributed by atoms with van der Waals surface area (Å²) in [6, 6.07) is 101. The zero-order chi connectivity index (χ0) is 90.0. The Kier molecular flexibility index (Phi) is 44.0. The van der Waals surface area contributed by atoms with E-state index in [0.29, 0.717) is 0 Å². The van der Waals surface area contributed by atoms with Crippen molar-refractivity contribution in [3.05, 3.63) is 452 Å². The molecule has 0 saturated carbocycles. The summed E-state index contributed by atoms with van der Waals surface area (Å²) >= 11 is 0. The van der Waals surface area contributed by atoms with Crippen molar-refractivity contribution >= 4 is 83.7 Å². The summed E-state index contributed by atoms with van der Waals surface area (Å²) in [6.07, 6.45) is 22.7. The van der Waals surface area contributed by atoms with Gasteiger partial charge in [-0.15, -0.1) is 29.8 Å². The van der Waals surface area contributed by atoms with Gasteiger partial charge >= 0.3 is 29.8 Å². The summed E-state index contributed by atoms with van der Waals surface area (Å²) in [7, 11) is 0. The van der Waals surface area contributed by atoms with Crippen LogP contribution in [0.4, 0.5) is 0 Å². The third-order valence-corrected chi connectivity index (χ3v) is 18.2. The van der Waals surface area contributed by atoms with Gasteiger partial charge in [-0.05, 0) is 136 Å². The van der Waals surface area contributed by atoms with Crippen molar-refractivity contribution in [1.29, 1.82) is 0 Å². The first-order valence-corrected chi connectivity index (χ1v) is 39.3. The fourth-order valence-electron chi connectivity index (χ4n) is 11.9. The number of hydrogen-bond acceptors (Lipinski definition) is 15. The van der Waals surface area contributed by atoms with E-state index < -0.39 is 29.8 Å². The van der Waals surface area contributed by atoms with E-state index in [1.54, 1.807) is 89.3 Å². The molecule has 677 valence electrons. The Morgan fingerprint density at radius 1 is 0.280 bits per heavy atom. The molecule has 20 aromatic rings. The van der Waals surface area contributed by atoms with Crippen LogP contribution in [0.5, 0.6) is 0 Å². The van der Waals surface area contributed by atoms with E-state index >= 15 is 0 Å². The van der Waals surface area contributed by atoms with E-state index in [2.05, 4.69) is 107 Å². The summed E-state index contributed by atoms with van der Waals surface area (Å²) in [5.74, 6) is -4.97. The molecule has 0 aliphatic carbocycles. The minimum absolute atomic E-state index is 0. The zero-order valence-corrected chi connectivity index (χ0v) is 83.6. The first-order valence-electron chi connectivity index (χ1n) is 39.3. The molecule has 20 rings (SSSR count). The molecule has 10 aromatic heterocycles. The van der Waals surface area contributed by atoms with Crippen molar-refractivity contribution in [2.75, 3.05) is 0 Å². The molecule has 0 saturated heterocycles. The molecule has 0 aliphatic heterocycles. The number of para-hydroxylation sites is 2. The maximum absolute atomic E-state index is 10.6. The van der Waals surface area contributed by atoms with Crippen molar-refractivity contribution in [3.63, 3.8) is 0 Å². The molecule has 0 amide bonds. The summed E-state index contributed by atoms with van der Waals surface area (Å²) in [6.45, 7) is 14.3. The number of aryl methyl sites for hydroxylation is 7. The average molecular weight is 2640 g/mol. The first-order chi connectivity index (χ1) is 61.5. The largest absolute Gasteiger partial charge is 0.477 e. The number of rotatable bonds is 10. The van der Waals surface area contributed by atoms with Gasteiger partial charge in [-0.25, -0.2) is 48.9 Å². The van der Waals surface area contributed by atoms with Crippen LogP contribution in [0.2, 0.25) is 0 Å². The topological polar surface area (TPSA) is 340 Å². The molecule has 10 aromatic carbocycles. The molecule has 0 aliphatic rings. The van der Waals surface area contributed by atoms with Crippen LogP contribution in [0.3, 0.4) is 0 Å². The number of carboxylic acid groups (broad SMARTS) is 5. The van der Waals surface area contributed by atoms with E-state index in [1.807, 2.05) is 310 Å². The number of hydrogen-bond donors (Lipinski definition) is 5. The van der Waals surface area contributed by atoms with E-state index in [-0.39, 0.29) is 129 Å². The molecule has 5 N–H and O–H groups in total. The summed E-state index contributed by atoms with van der Waals surface area (Å²) in [5, 5.41) is 73.6. The van der Waals surface area contributed by atoms with Crippen LogP contribution < -0.4 is 0 Å². The first kappa shape index (κ1) is 107. The molecule has 0 spiro atoms. The zero-order valence-electron chi connectivity index (χ0n) is 71.6. The van der Waals surface area contributed by atoms with Gasteiger partial charge in [-0.3, -0.25) is 23.4 Å². The predicted molar refractivity (Wildman–Crippen MR) is 489 cm³/mol. The molecule has 5 radical (unpaired) electrons. The fourth-order valence-corrected chi connectivity index (χ4v) is 11.9. The summed E-state index contributed by atoms with van der Waals surface area (Å²) in [4.78, 5) is 71.9. The van der Waals surface area contributed by atoms with Crippen molar-refractivity contribution in [2.24, 2.45) is 0 Å². The third kappa shape index (κ3) is 32.5. The van der Waals surface area contributed by atoms with Gasteiger partial charge in [-0.1, -0.05) is 149 Å². The average Bonchev–Trinajstić information content (AvgIpc) is 1.81. The normalized spacial score (nSPS) is 9.78. The second-order valence-corrected chi connectivity index (χ2v) is 28.0. The van der Waals surface area contributed by atoms with E-state index in [1.165, 1.54) is 22.3 Å². The van der Waals surface area contributed by atoms with Crippen LogP contribution in [-0.4, -0.2) is 129 Å². The Morgan fingerprint density at radius 2 is 0.629 bits per heavy atom. The number of nitrogens with zero attached hydrogens (tertiary/aromatic N) is 15. The molecular weight excluding hydrogens is 2560 g/mol. The molecule has 10 heterocycles. The van der Waals surface area contributed by atoms with Gasteiger partial charge in [0, 0.05) is 208 Å². The van der Waals surface area contributed by atoms with Gasteiger partial charge in [0.25, 0.3) is 0 Å². The fraction of sp³-hybridized carbons (Fsp3) is 0.0686. The molecule has 0 bridgehead atoms. The maximum Gasteiger partial charge on any atom is 0.354 e. The van der Waals surface area contributed by atoms with Gasteiger partial charge in [-0.2, -0.15) is 145 Å². The van der Waals surface area contributed by atoms with E-state index in [0.717, 1.165) is 99.3 Å². The van der Waals surface area contributed by atoms with Crippen LogP contribution in [0, 0.1) is 78.8 Å². The minimum atomic E-state index is -0.995. The van der Waals surface area contributed by atoms with Crippen molar-refractivity contribution in [2.45, 2.75) is 48.5 Å². The van der Waals surface area contributed by atoms with Gasteiger partial charge in [0.05, 0.1) is 11.9 Å². The standard InChI is InChI=1S/2C11H11N2.3C10H9N2.5C10H7NO2.5Ir/c1-9-4-3-5-11(6-9)13-8-10(2)7-12-13;1-9-8-10(2)13(12-9)11-6-4-3-5-7-11;1-9-3-5-10(6-4-9)12-8-2-7-11-12;1-9-4-2-5-10(8-9)12-7-3-6-11-12;1-9-5-2-3-6-10(9)12-8-4-7-11-12;5*12-10(13)9-5-7-3-1-2-4-8(7)6-11-9;;;;;/h3-4,6-8H,1-2H3;3-6,8H,1-2H3;2-5,7-8H,1H3;2-4,6-8H,1H3;2-5,7-8H,1H3;5*1-6H,(H,12,13);;;;;/q5*-1;;;;;;;;;;. The number of aromatic nitrogens is 15. The van der Waals surface area contributed by atoms with Gasteiger partial charge in [0.2, 0.25) is 0 Å². The Balaban J connectivity index is 0.000000225. The van der Waals surface area contributed by atoms with Crippen molar-refractivity contribution < 1.29 is 150 Å². The Bertz CT molecular complexity index is 6520. The predicted octanol–water partition coefficient (Wildman–Crippen LogP) is 20.2. The van der Waals surface area contributed by atoms with Crippen molar-refractivity contribution in [1.82, 2.24) is 73.8 Å². The Morgan fingerprint density at radius 3 is 0.932 bits per heavy atom. The molecule has 30 heteroatoms. The maximum atomic E-state index is 10.6. The SMILES string of the molecule is Cc1c[c-]c(-n2cccn2)cc1.Cc1cc(C)n(-c2[c-]cccc2)n1.Cc1cc[c-]c(-n2cc(C)cn2)c1.Cc1cc[c-]c(-n2cccn2)c1.Cc1ccc[c-]c1-n1cccn1.O=C(O)c1cc2ccccc2cn1.O=C(O)c1cc2ccccc2cn1.O=C(O)c1cc2ccccc2cn1.O=C(O)c1cc2ccccc2cn1.O=C(O)c1cc2ccccc2cn1.[Ir].[Ir].[Ir].[Ir].[Ir]. The molecule has 132 heavy (non-hydrogen) atoms. The van der Waals surface area contributed by atoms with Crippen LogP contribution in [-0.2, 0) is 101 Å². The monoisotopic (exact) mass is 2640 g/mol.